The zero-order valence-electron chi connectivity index (χ0n) is 15.9. The molecule has 0 aliphatic carbocycles. The Labute approximate surface area is 156 Å². The second-order valence-corrected chi connectivity index (χ2v) is 9.76. The molecule has 6 nitrogen and oxygen atoms in total. The molecule has 0 radical (unpaired) electrons. The van der Waals surface area contributed by atoms with Crippen LogP contribution in [0.3, 0.4) is 0 Å². The molecule has 2 aliphatic rings. The Bertz CT molecular complexity index is 746. The van der Waals surface area contributed by atoms with E-state index in [-0.39, 0.29) is 29.5 Å². The lowest BCUT2D eigenvalue weighted by Crippen LogP contribution is -2.60. The van der Waals surface area contributed by atoms with Crippen LogP contribution in [0.2, 0.25) is 0 Å². The molecule has 1 amide bonds. The van der Waals surface area contributed by atoms with E-state index in [2.05, 4.69) is 41.0 Å². The van der Waals surface area contributed by atoms with E-state index in [4.69, 9.17) is 0 Å². The first-order valence-electron chi connectivity index (χ1n) is 9.25. The summed E-state index contributed by atoms with van der Waals surface area (Å²) in [5, 5.41) is 0. The van der Waals surface area contributed by atoms with Crippen molar-refractivity contribution in [1.82, 2.24) is 14.7 Å². The van der Waals surface area contributed by atoms with E-state index in [1.165, 1.54) is 11.1 Å². The molecular weight excluding hydrogens is 350 g/mol. The zero-order valence-corrected chi connectivity index (χ0v) is 16.7. The minimum atomic E-state index is -3.06. The van der Waals surface area contributed by atoms with E-state index in [0.29, 0.717) is 6.54 Å². The van der Waals surface area contributed by atoms with Crippen molar-refractivity contribution in [2.75, 3.05) is 45.2 Å². The van der Waals surface area contributed by atoms with E-state index in [1.54, 1.807) is 19.0 Å². The van der Waals surface area contributed by atoms with Gasteiger partial charge in [-0.3, -0.25) is 14.6 Å². The van der Waals surface area contributed by atoms with E-state index in [9.17, 15) is 13.2 Å². The molecule has 0 N–H and O–H groups in total. The van der Waals surface area contributed by atoms with Crippen LogP contribution in [0.1, 0.15) is 18.1 Å². The number of rotatable bonds is 5. The maximum Gasteiger partial charge on any atom is 0.236 e. The summed E-state index contributed by atoms with van der Waals surface area (Å²) in [5.74, 6) is 0.373. The Morgan fingerprint density at radius 1 is 1.04 bits per heavy atom. The smallest absolute Gasteiger partial charge is 0.236 e. The summed E-state index contributed by atoms with van der Waals surface area (Å²) in [6.45, 7) is 4.70. The fourth-order valence-corrected chi connectivity index (χ4v) is 5.96. The highest BCUT2D eigenvalue weighted by molar-refractivity contribution is 7.91. The topological polar surface area (TPSA) is 60.9 Å². The predicted octanol–water partition coefficient (Wildman–Crippen LogP) is 0.620. The van der Waals surface area contributed by atoms with Crippen LogP contribution in [0.5, 0.6) is 0 Å². The number of aryl methyl sites for hydroxylation is 1. The van der Waals surface area contributed by atoms with Gasteiger partial charge in [0.25, 0.3) is 0 Å². The molecule has 2 atom stereocenters. The van der Waals surface area contributed by atoms with Crippen molar-refractivity contribution >= 4 is 15.7 Å². The Kier molecular flexibility index (Phi) is 5.69. The summed E-state index contributed by atoms with van der Waals surface area (Å²) < 4.78 is 24.6. The van der Waals surface area contributed by atoms with Crippen LogP contribution >= 0.6 is 0 Å². The number of sulfone groups is 1. The van der Waals surface area contributed by atoms with Gasteiger partial charge in [0.15, 0.2) is 9.84 Å². The summed E-state index contributed by atoms with van der Waals surface area (Å²) in [6, 6.07) is 8.44. The number of piperazine rings is 1. The van der Waals surface area contributed by atoms with Gasteiger partial charge in [-0.1, -0.05) is 31.2 Å². The molecule has 0 saturated carbocycles. The second-order valence-electron chi connectivity index (χ2n) is 7.61. The predicted molar refractivity (Wildman–Crippen MR) is 103 cm³/mol. The molecule has 26 heavy (non-hydrogen) atoms. The highest BCUT2D eigenvalue weighted by Crippen LogP contribution is 2.28. The summed E-state index contributed by atoms with van der Waals surface area (Å²) in [4.78, 5) is 18.0. The molecular formula is C19H29N3O3S. The van der Waals surface area contributed by atoms with Crippen molar-refractivity contribution in [2.45, 2.75) is 32.0 Å². The third-order valence-electron chi connectivity index (χ3n) is 5.56. The number of likely N-dealkylation sites (N-methyl/N-ethyl adjacent to an activating group) is 1. The second kappa shape index (κ2) is 7.66. The fraction of sp³-hybridized carbons (Fsp3) is 0.632. The van der Waals surface area contributed by atoms with Gasteiger partial charge in [-0.2, -0.15) is 0 Å². The van der Waals surface area contributed by atoms with Gasteiger partial charge in [0, 0.05) is 45.8 Å². The third kappa shape index (κ3) is 4.27. The van der Waals surface area contributed by atoms with Crippen molar-refractivity contribution in [2.24, 2.45) is 0 Å². The minimum Gasteiger partial charge on any atom is -0.348 e. The SMILES string of the molecule is CCc1ccc(CN2CCN(CC(=O)N(C)C)[C@@H]3CS(=O)(=O)C[C@@H]32)cc1. The van der Waals surface area contributed by atoms with Gasteiger partial charge in [0.1, 0.15) is 0 Å². The monoisotopic (exact) mass is 379 g/mol. The van der Waals surface area contributed by atoms with Crippen LogP contribution in [0.15, 0.2) is 24.3 Å². The van der Waals surface area contributed by atoms with Gasteiger partial charge in [-0.25, -0.2) is 8.42 Å². The highest BCUT2D eigenvalue weighted by atomic mass is 32.2. The van der Waals surface area contributed by atoms with E-state index >= 15 is 0 Å². The largest absolute Gasteiger partial charge is 0.348 e. The molecule has 0 aromatic heterocycles. The number of hydrogen-bond donors (Lipinski definition) is 0. The first-order chi connectivity index (χ1) is 12.3. The Hall–Kier alpha value is -1.44. The molecule has 0 bridgehead atoms. The zero-order chi connectivity index (χ0) is 18.9. The molecule has 0 spiro atoms. The highest BCUT2D eigenvalue weighted by Gasteiger charge is 2.46. The van der Waals surface area contributed by atoms with Crippen molar-refractivity contribution in [3.8, 4) is 0 Å². The van der Waals surface area contributed by atoms with E-state index in [1.807, 2.05) is 0 Å². The number of fused-ring (bicyclic) bond motifs is 1. The van der Waals surface area contributed by atoms with Gasteiger partial charge in [-0.15, -0.1) is 0 Å². The average Bonchev–Trinajstić information content (AvgIpc) is 2.93. The Balaban J connectivity index is 1.74. The average molecular weight is 380 g/mol. The summed E-state index contributed by atoms with van der Waals surface area (Å²) in [6.07, 6.45) is 1.02. The van der Waals surface area contributed by atoms with Gasteiger partial charge in [0.2, 0.25) is 5.91 Å². The molecule has 7 heteroatoms. The third-order valence-corrected chi connectivity index (χ3v) is 7.26. The van der Waals surface area contributed by atoms with Crippen LogP contribution in [0.25, 0.3) is 0 Å². The molecule has 1 aromatic rings. The molecule has 3 rings (SSSR count). The minimum absolute atomic E-state index is 0.0247. The molecule has 2 fully saturated rings. The Morgan fingerprint density at radius 2 is 1.58 bits per heavy atom. The van der Waals surface area contributed by atoms with E-state index < -0.39 is 9.84 Å². The molecule has 2 heterocycles. The standard InChI is InChI=1S/C19H29N3O3S/c1-4-15-5-7-16(8-6-15)11-21-9-10-22(12-19(23)20(2)3)18-14-26(24,25)13-17(18)21/h5-8,17-18H,4,9-14H2,1-3H3/t17-,18+/m0/s1. The van der Waals surface area contributed by atoms with E-state index in [0.717, 1.165) is 26.1 Å². The lowest BCUT2D eigenvalue weighted by molar-refractivity contribution is -0.131. The van der Waals surface area contributed by atoms with Crippen LogP contribution in [-0.2, 0) is 27.6 Å². The van der Waals surface area contributed by atoms with Crippen molar-refractivity contribution in [3.05, 3.63) is 35.4 Å². The van der Waals surface area contributed by atoms with Gasteiger partial charge >= 0.3 is 0 Å². The lowest BCUT2D eigenvalue weighted by Gasteiger charge is -2.43. The van der Waals surface area contributed by atoms with Crippen LogP contribution < -0.4 is 0 Å². The van der Waals surface area contributed by atoms with Crippen LogP contribution in [0.4, 0.5) is 0 Å². The number of carbonyl (C=O) groups excluding carboxylic acids is 1. The lowest BCUT2D eigenvalue weighted by atomic mass is 10.0. The summed E-state index contributed by atoms with van der Waals surface area (Å²) >= 11 is 0. The Morgan fingerprint density at radius 3 is 2.15 bits per heavy atom. The van der Waals surface area contributed by atoms with Crippen molar-refractivity contribution in [3.63, 3.8) is 0 Å². The molecule has 144 valence electrons. The normalized spacial score (nSPS) is 25.8. The fourth-order valence-electron chi connectivity index (χ4n) is 3.92. The first-order valence-corrected chi connectivity index (χ1v) is 11.1. The van der Waals surface area contributed by atoms with Crippen molar-refractivity contribution < 1.29 is 13.2 Å². The molecule has 2 saturated heterocycles. The summed E-state index contributed by atoms with van der Waals surface area (Å²) in [5.41, 5.74) is 2.52. The maximum atomic E-state index is 12.3. The van der Waals surface area contributed by atoms with Crippen LogP contribution in [0, 0.1) is 0 Å². The van der Waals surface area contributed by atoms with Crippen LogP contribution in [-0.4, -0.2) is 86.3 Å². The van der Waals surface area contributed by atoms with Crippen molar-refractivity contribution in [1.29, 1.82) is 0 Å². The number of carbonyl (C=O) groups is 1. The maximum absolute atomic E-state index is 12.3. The number of hydrogen-bond acceptors (Lipinski definition) is 5. The summed E-state index contributed by atoms with van der Waals surface area (Å²) in [7, 11) is 0.413. The first kappa shape index (κ1) is 19.3. The number of benzene rings is 1. The molecule has 2 aliphatic heterocycles. The quantitative estimate of drug-likeness (QED) is 0.751. The van der Waals surface area contributed by atoms with Gasteiger partial charge in [-0.05, 0) is 17.5 Å². The number of nitrogens with zero attached hydrogens (tertiary/aromatic N) is 3. The molecule has 0 unspecified atom stereocenters. The van der Waals surface area contributed by atoms with Gasteiger partial charge < -0.3 is 4.90 Å². The number of amides is 1. The molecule has 1 aromatic carbocycles. The van der Waals surface area contributed by atoms with Gasteiger partial charge in [0.05, 0.1) is 18.1 Å².